The molecule has 0 saturated heterocycles. The van der Waals surface area contributed by atoms with Crippen LogP contribution in [0, 0.1) is 0 Å². The Hall–Kier alpha value is -2.21. The second kappa shape index (κ2) is 4.96. The van der Waals surface area contributed by atoms with Crippen molar-refractivity contribution in [3.8, 4) is 10.4 Å². The first-order valence-electron chi connectivity index (χ1n) is 6.62. The smallest absolute Gasteiger partial charge is 0.231 e. The van der Waals surface area contributed by atoms with E-state index in [2.05, 4.69) is 16.0 Å². The summed E-state index contributed by atoms with van der Waals surface area (Å²) in [5, 5.41) is 2.03. The highest BCUT2D eigenvalue weighted by molar-refractivity contribution is 7.13. The zero-order valence-corrected chi connectivity index (χ0v) is 12.7. The normalized spacial score (nSPS) is 22.3. The van der Waals surface area contributed by atoms with E-state index in [0.717, 1.165) is 11.3 Å². The second-order valence-corrected chi connectivity index (χ2v) is 6.23. The van der Waals surface area contributed by atoms with Crippen molar-refractivity contribution >= 4 is 23.2 Å². The number of carbonyl (C=O) groups excluding carboxylic acids is 1. The number of aliphatic imine (C=N–C) groups is 1. The molecule has 1 atom stereocenters. The zero-order valence-electron chi connectivity index (χ0n) is 11.9. The quantitative estimate of drug-likeness (QED) is 0.924. The Morgan fingerprint density at radius 2 is 2.24 bits per heavy atom. The fraction of sp³-hybridized carbons (Fsp3) is 0.267. The molecule has 5 nitrogen and oxygen atoms in total. The fourth-order valence-corrected chi connectivity index (χ4v) is 3.10. The molecule has 1 aliphatic rings. The van der Waals surface area contributed by atoms with Crippen molar-refractivity contribution in [2.24, 2.45) is 10.7 Å². The molecule has 2 aromatic rings. The molecule has 0 bridgehead atoms. The molecule has 2 N–H and O–H groups in total. The van der Waals surface area contributed by atoms with Gasteiger partial charge in [-0.2, -0.15) is 0 Å². The number of nitrogens with zero attached hydrogens (tertiary/aromatic N) is 3. The van der Waals surface area contributed by atoms with Crippen LogP contribution in [0.1, 0.15) is 19.0 Å². The van der Waals surface area contributed by atoms with Crippen LogP contribution in [0.2, 0.25) is 0 Å². The van der Waals surface area contributed by atoms with E-state index in [1.807, 2.05) is 30.5 Å². The summed E-state index contributed by atoms with van der Waals surface area (Å²) < 4.78 is 0. The Kier molecular flexibility index (Phi) is 3.25. The van der Waals surface area contributed by atoms with Crippen LogP contribution in [0.3, 0.4) is 0 Å². The number of nitrogens with two attached hydrogens (primary N) is 1. The largest absolute Gasteiger partial charge is 0.369 e. The van der Waals surface area contributed by atoms with Gasteiger partial charge in [-0.05, 0) is 36.1 Å². The van der Waals surface area contributed by atoms with Gasteiger partial charge in [0.25, 0.3) is 0 Å². The van der Waals surface area contributed by atoms with Crippen molar-refractivity contribution in [3.63, 3.8) is 0 Å². The lowest BCUT2D eigenvalue weighted by Gasteiger charge is -2.32. The summed E-state index contributed by atoms with van der Waals surface area (Å²) in [6.07, 6.45) is 2.02. The first kappa shape index (κ1) is 13.8. The Labute approximate surface area is 127 Å². The first-order chi connectivity index (χ1) is 9.99. The van der Waals surface area contributed by atoms with Gasteiger partial charge in [0, 0.05) is 18.1 Å². The molecule has 6 heteroatoms. The van der Waals surface area contributed by atoms with E-state index in [1.54, 1.807) is 24.6 Å². The number of carbonyl (C=O) groups is 1. The van der Waals surface area contributed by atoms with E-state index in [-0.39, 0.29) is 18.3 Å². The van der Waals surface area contributed by atoms with Gasteiger partial charge in [0.15, 0.2) is 5.96 Å². The minimum atomic E-state index is -0.707. The number of aromatic nitrogens is 1. The molecular weight excluding hydrogens is 284 g/mol. The predicted molar refractivity (Wildman–Crippen MR) is 83.9 cm³/mol. The van der Waals surface area contributed by atoms with Gasteiger partial charge in [0.1, 0.15) is 5.54 Å². The number of amides is 1. The molecule has 0 radical (unpaired) electrons. The zero-order chi connectivity index (χ0) is 15.0. The van der Waals surface area contributed by atoms with Crippen LogP contribution in [0.15, 0.2) is 40.8 Å². The molecular formula is C15H16N4OS. The molecule has 21 heavy (non-hydrogen) atoms. The summed E-state index contributed by atoms with van der Waals surface area (Å²) in [4.78, 5) is 23.5. The highest BCUT2D eigenvalue weighted by Crippen LogP contribution is 2.34. The van der Waals surface area contributed by atoms with Gasteiger partial charge < -0.3 is 5.73 Å². The molecule has 0 unspecified atom stereocenters. The topological polar surface area (TPSA) is 71.6 Å². The summed E-state index contributed by atoms with van der Waals surface area (Å²) in [7, 11) is 1.64. The molecule has 108 valence electrons. The average molecular weight is 300 g/mol. The maximum Gasteiger partial charge on any atom is 0.231 e. The first-order valence-corrected chi connectivity index (χ1v) is 7.50. The molecule has 1 aliphatic heterocycles. The third-order valence-corrected chi connectivity index (χ3v) is 4.61. The lowest BCUT2D eigenvalue weighted by molar-refractivity contribution is -0.128. The van der Waals surface area contributed by atoms with Crippen molar-refractivity contribution in [3.05, 3.63) is 41.5 Å². The number of pyridine rings is 1. The third-order valence-electron chi connectivity index (χ3n) is 3.69. The maximum atomic E-state index is 12.0. The molecule has 0 fully saturated rings. The van der Waals surface area contributed by atoms with Crippen molar-refractivity contribution in [2.75, 3.05) is 7.05 Å². The van der Waals surface area contributed by atoms with Crippen LogP contribution in [0.25, 0.3) is 10.4 Å². The monoisotopic (exact) mass is 300 g/mol. The Balaban J connectivity index is 2.04. The Bertz CT molecular complexity index is 710. The van der Waals surface area contributed by atoms with Crippen molar-refractivity contribution < 1.29 is 4.79 Å². The molecule has 1 amide bonds. The van der Waals surface area contributed by atoms with Gasteiger partial charge in [-0.15, -0.1) is 11.3 Å². The molecule has 0 spiro atoms. The SMILES string of the molecule is CN1C(=O)C[C@@](C)(c2cc(-c3cccs3)ccn2)N=C1N. The lowest BCUT2D eigenvalue weighted by atomic mass is 9.91. The van der Waals surface area contributed by atoms with Crippen molar-refractivity contribution in [2.45, 2.75) is 18.9 Å². The molecule has 0 aromatic carbocycles. The average Bonchev–Trinajstić information content (AvgIpc) is 2.99. The molecule has 3 rings (SSSR count). The van der Waals surface area contributed by atoms with Gasteiger partial charge in [0.2, 0.25) is 5.91 Å². The number of thiophene rings is 1. The summed E-state index contributed by atoms with van der Waals surface area (Å²) in [6.45, 7) is 1.89. The van der Waals surface area contributed by atoms with Crippen LogP contribution in [0.5, 0.6) is 0 Å². The van der Waals surface area contributed by atoms with E-state index < -0.39 is 5.54 Å². The predicted octanol–water partition coefficient (Wildman–Crippen LogP) is 2.20. The highest BCUT2D eigenvalue weighted by atomic mass is 32.1. The van der Waals surface area contributed by atoms with E-state index >= 15 is 0 Å². The van der Waals surface area contributed by atoms with E-state index in [9.17, 15) is 4.79 Å². The second-order valence-electron chi connectivity index (χ2n) is 5.28. The molecule has 0 aliphatic carbocycles. The minimum absolute atomic E-state index is 0.0478. The minimum Gasteiger partial charge on any atom is -0.369 e. The van der Waals surface area contributed by atoms with Gasteiger partial charge in [-0.25, -0.2) is 4.99 Å². The maximum absolute atomic E-state index is 12.0. The third kappa shape index (κ3) is 2.42. The Morgan fingerprint density at radius 3 is 2.90 bits per heavy atom. The van der Waals surface area contributed by atoms with Crippen molar-refractivity contribution in [1.29, 1.82) is 0 Å². The van der Waals surface area contributed by atoms with Crippen LogP contribution in [0.4, 0.5) is 0 Å². The molecule has 2 aromatic heterocycles. The number of hydrogen-bond donors (Lipinski definition) is 1. The fourth-order valence-electron chi connectivity index (χ4n) is 2.38. The summed E-state index contributed by atoms with van der Waals surface area (Å²) in [6, 6.07) is 8.02. The summed E-state index contributed by atoms with van der Waals surface area (Å²) >= 11 is 1.67. The summed E-state index contributed by atoms with van der Waals surface area (Å²) in [5.74, 6) is 0.186. The van der Waals surface area contributed by atoms with Gasteiger partial charge in [-0.1, -0.05) is 6.07 Å². The van der Waals surface area contributed by atoms with Gasteiger partial charge in [0.05, 0.1) is 12.1 Å². The lowest BCUT2D eigenvalue weighted by Crippen LogP contribution is -2.47. The Morgan fingerprint density at radius 1 is 1.43 bits per heavy atom. The van der Waals surface area contributed by atoms with E-state index in [1.165, 1.54) is 9.78 Å². The van der Waals surface area contributed by atoms with E-state index in [0.29, 0.717) is 0 Å². The van der Waals surface area contributed by atoms with Crippen LogP contribution < -0.4 is 5.73 Å². The number of rotatable bonds is 2. The van der Waals surface area contributed by atoms with Crippen molar-refractivity contribution in [1.82, 2.24) is 9.88 Å². The summed E-state index contributed by atoms with van der Waals surface area (Å²) in [5.41, 5.74) is 6.98. The number of hydrogen-bond acceptors (Lipinski definition) is 5. The standard InChI is InChI=1S/C15H16N4OS/c1-15(9-13(20)19(2)14(16)18-15)12-8-10(5-6-17-12)11-4-3-7-21-11/h3-8H,9H2,1-2H3,(H2,16,18)/t15-/m0/s1. The van der Waals surface area contributed by atoms with Crippen LogP contribution in [-0.2, 0) is 10.3 Å². The van der Waals surface area contributed by atoms with Crippen LogP contribution >= 0.6 is 11.3 Å². The number of guanidine groups is 1. The molecule has 0 saturated carbocycles. The molecule has 3 heterocycles. The van der Waals surface area contributed by atoms with Gasteiger partial charge in [-0.3, -0.25) is 14.7 Å². The van der Waals surface area contributed by atoms with E-state index in [4.69, 9.17) is 5.73 Å². The van der Waals surface area contributed by atoms with Gasteiger partial charge >= 0.3 is 0 Å². The van der Waals surface area contributed by atoms with Crippen LogP contribution in [-0.4, -0.2) is 28.8 Å². The highest BCUT2D eigenvalue weighted by Gasteiger charge is 2.37.